The predicted octanol–water partition coefficient (Wildman–Crippen LogP) is 3.02. The van der Waals surface area contributed by atoms with Crippen molar-refractivity contribution < 1.29 is 9.68 Å². The average Bonchev–Trinajstić information content (AvgIpc) is 2.30. The van der Waals surface area contributed by atoms with E-state index in [0.717, 1.165) is 15.6 Å². The molecule has 16 heavy (non-hydrogen) atoms. The van der Waals surface area contributed by atoms with Crippen LogP contribution in [-0.2, 0) is 0 Å². The Labute approximate surface area is 103 Å². The fourth-order valence-corrected chi connectivity index (χ4v) is 1.96. The van der Waals surface area contributed by atoms with Crippen molar-refractivity contribution in [3.63, 3.8) is 0 Å². The molecule has 1 N–H and O–H groups in total. The summed E-state index contributed by atoms with van der Waals surface area (Å²) in [4.78, 5) is 0. The zero-order valence-corrected chi connectivity index (χ0v) is 10.0. The minimum atomic E-state index is 0.593. The third kappa shape index (κ3) is 2.65. The SMILES string of the molecule is O[B]Oc1cc(Br)cc(-c2ccccc2)c1. The first kappa shape index (κ1) is 11.2. The maximum absolute atomic E-state index is 8.61. The summed E-state index contributed by atoms with van der Waals surface area (Å²) in [6.45, 7) is 0. The van der Waals surface area contributed by atoms with Gasteiger partial charge in [0.25, 0.3) is 0 Å². The smallest absolute Gasteiger partial charge is 0.537 e. The Balaban J connectivity index is 2.41. The topological polar surface area (TPSA) is 29.5 Å². The quantitative estimate of drug-likeness (QED) is 0.873. The molecule has 0 saturated carbocycles. The van der Waals surface area contributed by atoms with E-state index < -0.39 is 0 Å². The van der Waals surface area contributed by atoms with Crippen LogP contribution in [0.2, 0.25) is 0 Å². The third-order valence-corrected chi connectivity index (χ3v) is 2.63. The molecule has 0 aliphatic carbocycles. The van der Waals surface area contributed by atoms with Crippen molar-refractivity contribution in [2.45, 2.75) is 0 Å². The summed E-state index contributed by atoms with van der Waals surface area (Å²) in [6.07, 6.45) is 0. The molecule has 1 radical (unpaired) electrons. The Bertz CT molecular complexity index is 474. The van der Waals surface area contributed by atoms with Crippen molar-refractivity contribution in [2.75, 3.05) is 0 Å². The third-order valence-electron chi connectivity index (χ3n) is 2.17. The van der Waals surface area contributed by atoms with Crippen LogP contribution < -0.4 is 4.65 Å². The van der Waals surface area contributed by atoms with Crippen LogP contribution in [0, 0.1) is 0 Å². The number of halogens is 1. The van der Waals surface area contributed by atoms with Crippen molar-refractivity contribution in [1.82, 2.24) is 0 Å². The molecule has 4 heteroatoms. The van der Waals surface area contributed by atoms with Crippen molar-refractivity contribution in [3.8, 4) is 16.9 Å². The first-order valence-corrected chi connectivity index (χ1v) is 5.57. The molecular weight excluding hydrogens is 267 g/mol. The molecule has 2 nitrogen and oxygen atoms in total. The zero-order valence-electron chi connectivity index (χ0n) is 8.43. The predicted molar refractivity (Wildman–Crippen MR) is 68.2 cm³/mol. The van der Waals surface area contributed by atoms with Gasteiger partial charge in [-0.25, -0.2) is 0 Å². The maximum atomic E-state index is 8.61. The number of hydrogen-bond donors (Lipinski definition) is 1. The second kappa shape index (κ2) is 5.19. The van der Waals surface area contributed by atoms with Gasteiger partial charge in [0.15, 0.2) is 0 Å². The molecule has 79 valence electrons. The van der Waals surface area contributed by atoms with E-state index in [-0.39, 0.29) is 0 Å². The van der Waals surface area contributed by atoms with Crippen LogP contribution in [0.5, 0.6) is 5.75 Å². The van der Waals surface area contributed by atoms with Crippen LogP contribution >= 0.6 is 15.9 Å². The molecule has 0 bridgehead atoms. The standard InChI is InChI=1S/C12H9BBrO2/c14-11-6-10(7-12(8-11)16-13-15)9-4-2-1-3-5-9/h1-8,15H. The van der Waals surface area contributed by atoms with Gasteiger partial charge in [0, 0.05) is 4.47 Å². The number of benzene rings is 2. The summed E-state index contributed by atoms with van der Waals surface area (Å²) in [5.41, 5.74) is 2.14. The van der Waals surface area contributed by atoms with Gasteiger partial charge < -0.3 is 9.68 Å². The highest BCUT2D eigenvalue weighted by atomic mass is 79.9. The van der Waals surface area contributed by atoms with E-state index >= 15 is 0 Å². The minimum absolute atomic E-state index is 0.593. The normalized spacial score (nSPS) is 9.88. The average molecular weight is 276 g/mol. The Hall–Kier alpha value is -1.26. The summed E-state index contributed by atoms with van der Waals surface area (Å²) in [5.74, 6) is 0.593. The lowest BCUT2D eigenvalue weighted by Crippen LogP contribution is -1.99. The van der Waals surface area contributed by atoms with E-state index in [0.29, 0.717) is 13.4 Å². The first-order valence-electron chi connectivity index (χ1n) is 4.78. The Morgan fingerprint density at radius 2 is 1.75 bits per heavy atom. The molecular formula is C12H9BBrO2. The first-order chi connectivity index (χ1) is 7.79. The van der Waals surface area contributed by atoms with E-state index in [9.17, 15) is 0 Å². The van der Waals surface area contributed by atoms with Gasteiger partial charge in [0.1, 0.15) is 5.75 Å². The second-order valence-electron chi connectivity index (χ2n) is 3.26. The van der Waals surface area contributed by atoms with Crippen LogP contribution in [0.1, 0.15) is 0 Å². The molecule has 0 amide bonds. The minimum Gasteiger partial charge on any atom is -0.537 e. The van der Waals surface area contributed by atoms with Gasteiger partial charge in [0.05, 0.1) is 0 Å². The van der Waals surface area contributed by atoms with Gasteiger partial charge in [-0.15, -0.1) is 0 Å². The van der Waals surface area contributed by atoms with Gasteiger partial charge in [-0.05, 0) is 29.3 Å². The van der Waals surface area contributed by atoms with Gasteiger partial charge in [0.2, 0.25) is 0 Å². The van der Waals surface area contributed by atoms with Crippen molar-refractivity contribution in [1.29, 1.82) is 0 Å². The number of rotatable bonds is 3. The summed E-state index contributed by atoms with van der Waals surface area (Å²) < 4.78 is 5.86. The Morgan fingerprint density at radius 3 is 2.44 bits per heavy atom. The van der Waals surface area contributed by atoms with Gasteiger partial charge in [-0.3, -0.25) is 0 Å². The van der Waals surface area contributed by atoms with Crippen molar-refractivity contribution in [2.24, 2.45) is 0 Å². The summed E-state index contributed by atoms with van der Waals surface area (Å²) in [7, 11) is 0.677. The zero-order chi connectivity index (χ0) is 11.4. The summed E-state index contributed by atoms with van der Waals surface area (Å²) >= 11 is 3.40. The maximum Gasteiger partial charge on any atom is 0.569 e. The lowest BCUT2D eigenvalue weighted by atomic mass is 10.1. The highest BCUT2D eigenvalue weighted by molar-refractivity contribution is 9.10. The van der Waals surface area contributed by atoms with E-state index in [1.165, 1.54) is 0 Å². The highest BCUT2D eigenvalue weighted by Crippen LogP contribution is 2.28. The fraction of sp³-hybridized carbons (Fsp3) is 0. The van der Waals surface area contributed by atoms with Gasteiger partial charge in [-0.2, -0.15) is 0 Å². The fourth-order valence-electron chi connectivity index (χ4n) is 1.49. The van der Waals surface area contributed by atoms with Crippen LogP contribution in [-0.4, -0.2) is 12.7 Å². The highest BCUT2D eigenvalue weighted by Gasteiger charge is 2.02. The van der Waals surface area contributed by atoms with E-state index in [1.54, 1.807) is 6.07 Å². The molecule has 0 heterocycles. The molecule has 0 aliphatic heterocycles. The Kier molecular flexibility index (Phi) is 3.64. The molecule has 2 rings (SSSR count). The van der Waals surface area contributed by atoms with Crippen molar-refractivity contribution in [3.05, 3.63) is 53.0 Å². The van der Waals surface area contributed by atoms with Crippen molar-refractivity contribution >= 4 is 23.6 Å². The molecule has 0 saturated heterocycles. The number of hydrogen-bond acceptors (Lipinski definition) is 2. The molecule has 2 aromatic rings. The molecule has 2 aromatic carbocycles. The largest absolute Gasteiger partial charge is 0.569 e. The molecule has 0 atom stereocenters. The molecule has 0 aromatic heterocycles. The molecule has 0 unspecified atom stereocenters. The van der Waals surface area contributed by atoms with Crippen LogP contribution in [0.25, 0.3) is 11.1 Å². The summed E-state index contributed by atoms with van der Waals surface area (Å²) in [5, 5.41) is 8.61. The molecule has 0 fully saturated rings. The van der Waals surface area contributed by atoms with Gasteiger partial charge >= 0.3 is 7.69 Å². The van der Waals surface area contributed by atoms with Crippen LogP contribution in [0.15, 0.2) is 53.0 Å². The van der Waals surface area contributed by atoms with Crippen LogP contribution in [0.4, 0.5) is 0 Å². The molecule has 0 aliphatic rings. The second-order valence-corrected chi connectivity index (χ2v) is 4.18. The summed E-state index contributed by atoms with van der Waals surface area (Å²) in [6, 6.07) is 15.6. The van der Waals surface area contributed by atoms with E-state index in [2.05, 4.69) is 15.9 Å². The van der Waals surface area contributed by atoms with E-state index in [4.69, 9.17) is 9.68 Å². The van der Waals surface area contributed by atoms with Gasteiger partial charge in [-0.1, -0.05) is 46.3 Å². The lowest BCUT2D eigenvalue weighted by molar-refractivity contribution is 0.454. The van der Waals surface area contributed by atoms with E-state index in [1.807, 2.05) is 42.5 Å². The van der Waals surface area contributed by atoms with Crippen LogP contribution in [0.3, 0.4) is 0 Å². The monoisotopic (exact) mass is 275 g/mol. The Morgan fingerprint density at radius 1 is 1.00 bits per heavy atom. The molecule has 0 spiro atoms. The lowest BCUT2D eigenvalue weighted by Gasteiger charge is -2.07.